The second kappa shape index (κ2) is 7.44. The molecule has 0 atom stereocenters. The second-order valence-electron chi connectivity index (χ2n) is 4.55. The van der Waals surface area contributed by atoms with Crippen LogP contribution in [0.1, 0.15) is 32.1 Å². The molecule has 0 saturated carbocycles. The molecule has 0 aromatic rings. The number of nitrogens with one attached hydrogen (secondary N) is 1. The van der Waals surface area contributed by atoms with Crippen LogP contribution in [0, 0.1) is 0 Å². The minimum Gasteiger partial charge on any atom is -0.481 e. The van der Waals surface area contributed by atoms with Gasteiger partial charge in [-0.2, -0.15) is 0 Å². The lowest BCUT2D eigenvalue weighted by molar-refractivity contribution is -0.136. The average Bonchev–Trinajstić information content (AvgIpc) is 2.37. The van der Waals surface area contributed by atoms with Gasteiger partial charge >= 0.3 is 5.97 Å². The van der Waals surface area contributed by atoms with Gasteiger partial charge in [0.25, 0.3) is 0 Å². The van der Waals surface area contributed by atoms with Crippen molar-refractivity contribution in [1.82, 2.24) is 9.62 Å². The van der Waals surface area contributed by atoms with Gasteiger partial charge in [0.15, 0.2) is 0 Å². The van der Waals surface area contributed by atoms with Crippen molar-refractivity contribution in [3.8, 4) is 0 Å². The molecule has 1 aliphatic heterocycles. The Labute approximate surface area is 113 Å². The molecular weight excluding hydrogens is 272 g/mol. The summed E-state index contributed by atoms with van der Waals surface area (Å²) in [7, 11) is -3.60. The van der Waals surface area contributed by atoms with Crippen molar-refractivity contribution in [3.63, 3.8) is 0 Å². The van der Waals surface area contributed by atoms with E-state index in [9.17, 15) is 18.0 Å². The Morgan fingerprint density at radius 3 is 2.32 bits per heavy atom. The number of piperidine rings is 1. The summed E-state index contributed by atoms with van der Waals surface area (Å²) >= 11 is 0. The number of rotatable bonds is 7. The zero-order valence-corrected chi connectivity index (χ0v) is 11.6. The summed E-state index contributed by atoms with van der Waals surface area (Å²) in [6, 6.07) is 0. The molecule has 0 unspecified atom stereocenters. The van der Waals surface area contributed by atoms with Crippen LogP contribution < -0.4 is 4.72 Å². The van der Waals surface area contributed by atoms with Crippen molar-refractivity contribution in [3.05, 3.63) is 0 Å². The Morgan fingerprint density at radius 2 is 1.74 bits per heavy atom. The van der Waals surface area contributed by atoms with E-state index in [4.69, 9.17) is 5.11 Å². The van der Waals surface area contributed by atoms with E-state index >= 15 is 0 Å². The van der Waals surface area contributed by atoms with Crippen LogP contribution in [0.2, 0.25) is 0 Å². The molecule has 2 N–H and O–H groups in total. The van der Waals surface area contributed by atoms with Crippen molar-refractivity contribution >= 4 is 21.9 Å². The fourth-order valence-corrected chi connectivity index (χ4v) is 2.91. The summed E-state index contributed by atoms with van der Waals surface area (Å²) in [4.78, 5) is 23.8. The number of hydrogen-bond donors (Lipinski definition) is 2. The molecule has 0 bridgehead atoms. The highest BCUT2D eigenvalue weighted by molar-refractivity contribution is 7.89. The molecule has 0 aromatic heterocycles. The van der Waals surface area contributed by atoms with Gasteiger partial charge in [0.2, 0.25) is 15.9 Å². The quantitative estimate of drug-likeness (QED) is 0.675. The number of aliphatic carboxylic acids is 1. The molecule has 1 aliphatic rings. The van der Waals surface area contributed by atoms with Crippen LogP contribution in [-0.2, 0) is 19.6 Å². The molecule has 1 fully saturated rings. The molecule has 110 valence electrons. The first-order valence-corrected chi connectivity index (χ1v) is 8.03. The summed E-state index contributed by atoms with van der Waals surface area (Å²) in [6.45, 7) is 1.51. The molecule has 1 rings (SSSR count). The Kier molecular flexibility index (Phi) is 6.23. The molecular formula is C11H20N2O5S. The van der Waals surface area contributed by atoms with Gasteiger partial charge in [0, 0.05) is 26.1 Å². The number of carbonyl (C=O) groups excluding carboxylic acids is 1. The summed E-state index contributed by atoms with van der Waals surface area (Å²) in [5.74, 6) is -1.67. The van der Waals surface area contributed by atoms with E-state index in [0.29, 0.717) is 0 Å². The molecule has 1 saturated heterocycles. The monoisotopic (exact) mass is 292 g/mol. The zero-order chi connectivity index (χ0) is 14.3. The molecule has 7 nitrogen and oxygen atoms in total. The van der Waals surface area contributed by atoms with Gasteiger partial charge in [-0.3, -0.25) is 9.59 Å². The third-order valence-electron chi connectivity index (χ3n) is 2.95. The van der Waals surface area contributed by atoms with Crippen LogP contribution in [0.3, 0.4) is 0 Å². The lowest BCUT2D eigenvalue weighted by atomic mass is 10.1. The zero-order valence-electron chi connectivity index (χ0n) is 10.8. The summed E-state index contributed by atoms with van der Waals surface area (Å²) in [5.41, 5.74) is 0. The molecule has 1 heterocycles. The highest BCUT2D eigenvalue weighted by atomic mass is 32.2. The average molecular weight is 292 g/mol. The minimum atomic E-state index is -3.60. The van der Waals surface area contributed by atoms with Gasteiger partial charge < -0.3 is 10.0 Å². The first-order chi connectivity index (χ1) is 8.91. The normalized spacial score (nSPS) is 16.3. The number of carboxylic acids is 1. The van der Waals surface area contributed by atoms with Crippen molar-refractivity contribution in [1.29, 1.82) is 0 Å². The van der Waals surface area contributed by atoms with Crippen molar-refractivity contribution in [2.24, 2.45) is 0 Å². The smallest absolute Gasteiger partial charge is 0.304 e. The topological polar surface area (TPSA) is 104 Å². The maximum atomic E-state index is 11.7. The van der Waals surface area contributed by atoms with Crippen molar-refractivity contribution < 1.29 is 23.1 Å². The Balaban J connectivity index is 2.25. The Hall–Kier alpha value is -1.15. The van der Waals surface area contributed by atoms with Crippen molar-refractivity contribution in [2.45, 2.75) is 32.1 Å². The fourth-order valence-electron chi connectivity index (χ4n) is 1.91. The summed E-state index contributed by atoms with van der Waals surface area (Å²) in [5, 5.41) is 8.41. The highest BCUT2D eigenvalue weighted by Crippen LogP contribution is 2.09. The molecule has 0 aromatic carbocycles. The number of amides is 1. The van der Waals surface area contributed by atoms with Crippen LogP contribution in [-0.4, -0.2) is 55.7 Å². The molecule has 1 amide bonds. The minimum absolute atomic E-state index is 0.0251. The maximum Gasteiger partial charge on any atom is 0.304 e. The third kappa shape index (κ3) is 6.53. The predicted octanol–water partition coefficient (Wildman–Crippen LogP) is -0.217. The van der Waals surface area contributed by atoms with E-state index in [1.54, 1.807) is 4.90 Å². The molecule has 0 spiro atoms. The molecule has 0 radical (unpaired) electrons. The number of hydrogen-bond acceptors (Lipinski definition) is 4. The third-order valence-corrected chi connectivity index (χ3v) is 4.34. The maximum absolute atomic E-state index is 11.7. The van der Waals surface area contributed by atoms with E-state index in [1.165, 1.54) is 0 Å². The first-order valence-electron chi connectivity index (χ1n) is 6.37. The van der Waals surface area contributed by atoms with Gasteiger partial charge in [0.1, 0.15) is 0 Å². The number of carbonyl (C=O) groups is 2. The van der Waals surface area contributed by atoms with Crippen LogP contribution in [0.5, 0.6) is 0 Å². The van der Waals surface area contributed by atoms with Gasteiger partial charge in [-0.25, -0.2) is 13.1 Å². The van der Waals surface area contributed by atoms with Crippen LogP contribution in [0.25, 0.3) is 0 Å². The second-order valence-corrected chi connectivity index (χ2v) is 6.47. The van der Waals surface area contributed by atoms with E-state index in [0.717, 1.165) is 32.4 Å². The Bertz CT molecular complexity index is 415. The van der Waals surface area contributed by atoms with E-state index in [2.05, 4.69) is 4.72 Å². The van der Waals surface area contributed by atoms with E-state index in [-0.39, 0.29) is 18.9 Å². The van der Waals surface area contributed by atoms with E-state index in [1.807, 2.05) is 0 Å². The number of carboxylic acid groups (broad SMARTS) is 1. The highest BCUT2D eigenvalue weighted by Gasteiger charge is 2.17. The SMILES string of the molecule is O=C(O)CCS(=O)(=O)NCCC(=O)N1CCCCC1. The summed E-state index contributed by atoms with van der Waals surface area (Å²) < 4.78 is 25.0. The lowest BCUT2D eigenvalue weighted by Crippen LogP contribution is -2.38. The fraction of sp³-hybridized carbons (Fsp3) is 0.818. The predicted molar refractivity (Wildman–Crippen MR) is 69.1 cm³/mol. The van der Waals surface area contributed by atoms with Gasteiger partial charge in [-0.15, -0.1) is 0 Å². The summed E-state index contributed by atoms with van der Waals surface area (Å²) in [6.07, 6.45) is 2.81. The van der Waals surface area contributed by atoms with Crippen molar-refractivity contribution in [2.75, 3.05) is 25.4 Å². The number of likely N-dealkylation sites (tertiary alicyclic amines) is 1. The molecule has 19 heavy (non-hydrogen) atoms. The van der Waals surface area contributed by atoms with Crippen LogP contribution in [0.4, 0.5) is 0 Å². The van der Waals surface area contributed by atoms with Gasteiger partial charge in [-0.1, -0.05) is 0 Å². The lowest BCUT2D eigenvalue weighted by Gasteiger charge is -2.26. The van der Waals surface area contributed by atoms with Crippen LogP contribution >= 0.6 is 0 Å². The number of sulfonamides is 1. The Morgan fingerprint density at radius 1 is 1.11 bits per heavy atom. The van der Waals surface area contributed by atoms with Gasteiger partial charge in [0.05, 0.1) is 12.2 Å². The van der Waals surface area contributed by atoms with E-state index < -0.39 is 28.2 Å². The standard InChI is InChI=1S/C11H20N2O5S/c14-10(13-7-2-1-3-8-13)4-6-12-19(17,18)9-5-11(15)16/h12H,1-9H2,(H,15,16). The molecule has 8 heteroatoms. The van der Waals surface area contributed by atoms with Gasteiger partial charge in [-0.05, 0) is 19.3 Å². The molecule has 0 aliphatic carbocycles. The largest absolute Gasteiger partial charge is 0.481 e. The first kappa shape index (κ1) is 15.9. The van der Waals surface area contributed by atoms with Crippen LogP contribution in [0.15, 0.2) is 0 Å². The number of nitrogens with zero attached hydrogens (tertiary/aromatic N) is 1.